The Morgan fingerprint density at radius 3 is 2.64 bits per heavy atom. The number of H-pyrrole nitrogens is 1. The van der Waals surface area contributed by atoms with Crippen molar-refractivity contribution in [3.8, 4) is 11.4 Å². The summed E-state index contributed by atoms with van der Waals surface area (Å²) in [5, 5.41) is 17.6. The molecule has 9 heteroatoms. The van der Waals surface area contributed by atoms with Crippen molar-refractivity contribution in [2.45, 2.75) is 0 Å². The average molecular weight is 395 g/mol. The fourth-order valence-electron chi connectivity index (χ4n) is 2.06. The Hall–Kier alpha value is -2.41. The normalized spacial score (nSPS) is 11.0. The predicted molar refractivity (Wildman–Crippen MR) is 98.7 cm³/mol. The number of tetrazole rings is 1. The second-order valence-electron chi connectivity index (χ2n) is 4.94. The molecule has 0 aliphatic heterocycles. The minimum absolute atomic E-state index is 0.345. The first-order valence-electron chi connectivity index (χ1n) is 7.01. The van der Waals surface area contributed by atoms with Gasteiger partial charge in [0.05, 0.1) is 15.7 Å². The molecule has 1 heterocycles. The molecule has 0 bridgehead atoms. The summed E-state index contributed by atoms with van der Waals surface area (Å²) < 4.78 is 0. The molecule has 0 fully saturated rings. The Labute approximate surface area is 157 Å². The van der Waals surface area contributed by atoms with Crippen molar-refractivity contribution < 1.29 is 4.79 Å². The van der Waals surface area contributed by atoms with Crippen LogP contribution in [0.1, 0.15) is 5.56 Å². The number of benzene rings is 2. The fraction of sp³-hybridized carbons (Fsp3) is 0. The van der Waals surface area contributed by atoms with Crippen molar-refractivity contribution in [3.63, 3.8) is 0 Å². The molecule has 0 saturated carbocycles. The molecular formula is C16H10Cl3N5O. The van der Waals surface area contributed by atoms with Crippen LogP contribution in [-0.4, -0.2) is 26.5 Å². The van der Waals surface area contributed by atoms with Gasteiger partial charge in [0.15, 0.2) is 5.82 Å². The molecule has 0 saturated heterocycles. The Bertz CT molecular complexity index is 941. The van der Waals surface area contributed by atoms with Gasteiger partial charge in [0.25, 0.3) is 0 Å². The number of carbonyl (C=O) groups excluding carboxylic acids is 1. The molecule has 0 atom stereocenters. The van der Waals surface area contributed by atoms with Gasteiger partial charge in [-0.2, -0.15) is 0 Å². The Balaban J connectivity index is 1.80. The van der Waals surface area contributed by atoms with Crippen LogP contribution in [0.25, 0.3) is 17.5 Å². The van der Waals surface area contributed by atoms with Crippen LogP contribution in [0.15, 0.2) is 42.5 Å². The van der Waals surface area contributed by atoms with Crippen LogP contribution in [0.2, 0.25) is 15.1 Å². The highest BCUT2D eigenvalue weighted by Gasteiger charge is 2.11. The summed E-state index contributed by atoms with van der Waals surface area (Å²) in [7, 11) is 0. The Morgan fingerprint density at radius 2 is 1.92 bits per heavy atom. The van der Waals surface area contributed by atoms with Crippen LogP contribution in [-0.2, 0) is 4.79 Å². The van der Waals surface area contributed by atoms with Crippen molar-refractivity contribution in [3.05, 3.63) is 63.1 Å². The lowest BCUT2D eigenvalue weighted by atomic mass is 10.1. The molecule has 2 aromatic carbocycles. The number of carbonyl (C=O) groups is 1. The third-order valence-electron chi connectivity index (χ3n) is 3.21. The molecule has 25 heavy (non-hydrogen) atoms. The van der Waals surface area contributed by atoms with Crippen molar-refractivity contribution in [1.82, 2.24) is 20.6 Å². The summed E-state index contributed by atoms with van der Waals surface area (Å²) in [6, 6.07) is 10.1. The highest BCUT2D eigenvalue weighted by atomic mass is 35.5. The summed E-state index contributed by atoms with van der Waals surface area (Å²) in [6.07, 6.45) is 3.00. The number of aromatic amines is 1. The molecule has 0 aliphatic carbocycles. The smallest absolute Gasteiger partial charge is 0.248 e. The van der Waals surface area contributed by atoms with E-state index in [0.717, 1.165) is 5.56 Å². The first-order valence-corrected chi connectivity index (χ1v) is 8.14. The van der Waals surface area contributed by atoms with Crippen molar-refractivity contribution in [1.29, 1.82) is 0 Å². The summed E-state index contributed by atoms with van der Waals surface area (Å²) in [5.41, 5.74) is 1.84. The molecule has 126 valence electrons. The van der Waals surface area contributed by atoms with Crippen molar-refractivity contribution in [2.24, 2.45) is 0 Å². The van der Waals surface area contributed by atoms with E-state index in [9.17, 15) is 4.79 Å². The van der Waals surface area contributed by atoms with E-state index in [0.29, 0.717) is 32.1 Å². The van der Waals surface area contributed by atoms with E-state index in [1.807, 2.05) is 0 Å². The molecule has 1 aromatic heterocycles. The number of rotatable bonds is 4. The molecule has 0 aliphatic rings. The predicted octanol–water partition coefficient (Wildman–Crippen LogP) is 4.48. The molecule has 1 amide bonds. The van der Waals surface area contributed by atoms with Crippen LogP contribution in [0.4, 0.5) is 5.69 Å². The summed E-state index contributed by atoms with van der Waals surface area (Å²) in [4.78, 5) is 12.2. The number of amides is 1. The summed E-state index contributed by atoms with van der Waals surface area (Å²) in [6.45, 7) is 0. The Kier molecular flexibility index (Phi) is 5.33. The maximum Gasteiger partial charge on any atom is 0.248 e. The maximum atomic E-state index is 12.2. The zero-order chi connectivity index (χ0) is 17.8. The molecular weight excluding hydrogens is 385 g/mol. The first-order chi connectivity index (χ1) is 12.0. The lowest BCUT2D eigenvalue weighted by Gasteiger charge is -2.08. The molecule has 2 N–H and O–H groups in total. The van der Waals surface area contributed by atoms with Gasteiger partial charge in [0.1, 0.15) is 0 Å². The van der Waals surface area contributed by atoms with E-state index in [1.54, 1.807) is 42.5 Å². The molecule has 3 aromatic rings. The minimum Gasteiger partial charge on any atom is -0.322 e. The zero-order valence-electron chi connectivity index (χ0n) is 12.5. The molecule has 6 nitrogen and oxygen atoms in total. The van der Waals surface area contributed by atoms with Gasteiger partial charge < -0.3 is 5.32 Å². The zero-order valence-corrected chi connectivity index (χ0v) is 14.8. The summed E-state index contributed by atoms with van der Waals surface area (Å²) >= 11 is 17.8. The number of halogens is 3. The summed E-state index contributed by atoms with van der Waals surface area (Å²) in [5.74, 6) is 0.0718. The minimum atomic E-state index is -0.345. The van der Waals surface area contributed by atoms with Gasteiger partial charge in [-0.05, 0) is 52.4 Å². The third kappa shape index (κ3) is 4.36. The number of aromatic nitrogens is 4. The van der Waals surface area contributed by atoms with Crippen LogP contribution in [0.3, 0.4) is 0 Å². The largest absolute Gasteiger partial charge is 0.322 e. The van der Waals surface area contributed by atoms with Crippen molar-refractivity contribution in [2.75, 3.05) is 5.32 Å². The SMILES string of the molecule is O=C(/C=C/c1ccc(Cl)c(Cl)c1)Nc1cc(Cl)ccc1-c1nnn[nH]1. The molecule has 0 spiro atoms. The molecule has 3 rings (SSSR count). The van der Waals surface area contributed by atoms with Gasteiger partial charge >= 0.3 is 0 Å². The quantitative estimate of drug-likeness (QED) is 0.639. The van der Waals surface area contributed by atoms with E-state index >= 15 is 0 Å². The van der Waals surface area contributed by atoms with Crippen LogP contribution in [0, 0.1) is 0 Å². The van der Waals surface area contributed by atoms with E-state index in [4.69, 9.17) is 34.8 Å². The van der Waals surface area contributed by atoms with Crippen molar-refractivity contribution >= 4 is 52.5 Å². The fourth-order valence-corrected chi connectivity index (χ4v) is 2.54. The molecule has 0 unspecified atom stereocenters. The van der Waals surface area contributed by atoms with Gasteiger partial charge in [0, 0.05) is 16.7 Å². The first kappa shape index (κ1) is 17.4. The van der Waals surface area contributed by atoms with Gasteiger partial charge in [-0.3, -0.25) is 4.79 Å². The second kappa shape index (κ2) is 7.65. The topological polar surface area (TPSA) is 83.6 Å². The van der Waals surface area contributed by atoms with E-state index in [2.05, 4.69) is 25.9 Å². The van der Waals surface area contributed by atoms with E-state index in [-0.39, 0.29) is 5.91 Å². The second-order valence-corrected chi connectivity index (χ2v) is 6.19. The highest BCUT2D eigenvalue weighted by Crippen LogP contribution is 2.28. The van der Waals surface area contributed by atoms with Crippen LogP contribution >= 0.6 is 34.8 Å². The Morgan fingerprint density at radius 1 is 1.08 bits per heavy atom. The van der Waals surface area contributed by atoms with Gasteiger partial charge in [-0.15, -0.1) is 5.10 Å². The third-order valence-corrected chi connectivity index (χ3v) is 4.18. The standard InChI is InChI=1S/C16H10Cl3N5O/c17-10-3-4-11(16-21-23-24-22-16)14(8-10)20-15(25)6-2-9-1-5-12(18)13(19)7-9/h1-8H,(H,20,25)(H,21,22,23,24)/b6-2+. The number of nitrogens with one attached hydrogen (secondary N) is 2. The average Bonchev–Trinajstić information content (AvgIpc) is 3.10. The highest BCUT2D eigenvalue weighted by molar-refractivity contribution is 6.42. The van der Waals surface area contributed by atoms with E-state index in [1.165, 1.54) is 6.08 Å². The van der Waals surface area contributed by atoms with Crippen LogP contribution < -0.4 is 5.32 Å². The molecule has 0 radical (unpaired) electrons. The van der Waals surface area contributed by atoms with Gasteiger partial charge in [-0.25, -0.2) is 5.10 Å². The lowest BCUT2D eigenvalue weighted by molar-refractivity contribution is -0.111. The van der Waals surface area contributed by atoms with Gasteiger partial charge in [0.2, 0.25) is 5.91 Å². The number of hydrogen-bond donors (Lipinski definition) is 2. The maximum absolute atomic E-state index is 12.2. The van der Waals surface area contributed by atoms with Gasteiger partial charge in [-0.1, -0.05) is 40.9 Å². The monoisotopic (exact) mass is 393 g/mol. The van der Waals surface area contributed by atoms with Crippen LogP contribution in [0.5, 0.6) is 0 Å². The number of anilines is 1. The number of hydrogen-bond acceptors (Lipinski definition) is 4. The van der Waals surface area contributed by atoms with E-state index < -0.39 is 0 Å². The number of nitrogens with zero attached hydrogens (tertiary/aromatic N) is 3. The lowest BCUT2D eigenvalue weighted by Crippen LogP contribution is -2.09.